The van der Waals surface area contributed by atoms with Crippen molar-refractivity contribution in [2.45, 2.75) is 0 Å². The van der Waals surface area contributed by atoms with Gasteiger partial charge in [-0.1, -0.05) is 0 Å². The van der Waals surface area contributed by atoms with E-state index in [1.165, 1.54) is 0 Å². The lowest BCUT2D eigenvalue weighted by atomic mass is 10.1. The van der Waals surface area contributed by atoms with E-state index in [1.807, 2.05) is 0 Å². The summed E-state index contributed by atoms with van der Waals surface area (Å²) in [5, 5.41) is 27.8. The number of nitriles is 1. The predicted molar refractivity (Wildman–Crippen MR) is 52.5 cm³/mol. The van der Waals surface area contributed by atoms with Crippen LogP contribution in [0.1, 0.15) is 15.9 Å². The number of hydrogen-bond acceptors (Lipinski definition) is 4. The van der Waals surface area contributed by atoms with Gasteiger partial charge in [-0.3, -0.25) is 10.1 Å². The molecule has 0 saturated carbocycles. The third kappa shape index (κ3) is 2.11. The molecule has 7 heteroatoms. The molecular formula is C8H3BrN2O4. The number of nitro groups is 1. The molecule has 1 N–H and O–H groups in total. The molecule has 1 aromatic rings. The molecule has 0 bridgehead atoms. The highest BCUT2D eigenvalue weighted by Crippen LogP contribution is 2.28. The third-order valence-electron chi connectivity index (χ3n) is 1.63. The maximum Gasteiger partial charge on any atom is 0.337 e. The highest BCUT2D eigenvalue weighted by Gasteiger charge is 2.19. The summed E-state index contributed by atoms with van der Waals surface area (Å²) >= 11 is 2.89. The smallest absolute Gasteiger partial charge is 0.337 e. The van der Waals surface area contributed by atoms with Crippen LogP contribution in [0.5, 0.6) is 0 Å². The highest BCUT2D eigenvalue weighted by atomic mass is 79.9. The van der Waals surface area contributed by atoms with Crippen molar-refractivity contribution in [3.8, 4) is 6.07 Å². The van der Waals surface area contributed by atoms with Crippen molar-refractivity contribution in [3.05, 3.63) is 37.8 Å². The second kappa shape index (κ2) is 4.06. The summed E-state index contributed by atoms with van der Waals surface area (Å²) in [6.07, 6.45) is 0. The fraction of sp³-hybridized carbons (Fsp3) is 0. The van der Waals surface area contributed by atoms with E-state index in [4.69, 9.17) is 10.4 Å². The van der Waals surface area contributed by atoms with E-state index in [9.17, 15) is 14.9 Å². The van der Waals surface area contributed by atoms with Crippen LogP contribution in [0.3, 0.4) is 0 Å². The lowest BCUT2D eigenvalue weighted by molar-refractivity contribution is -0.385. The molecule has 0 fully saturated rings. The number of halogens is 1. The van der Waals surface area contributed by atoms with Gasteiger partial charge >= 0.3 is 5.97 Å². The Morgan fingerprint density at radius 3 is 2.60 bits per heavy atom. The maximum atomic E-state index is 10.7. The first-order chi connectivity index (χ1) is 6.97. The summed E-state index contributed by atoms with van der Waals surface area (Å²) in [6.45, 7) is 0. The van der Waals surface area contributed by atoms with Crippen molar-refractivity contribution < 1.29 is 14.8 Å². The summed E-state index contributed by atoms with van der Waals surface area (Å²) in [5.41, 5.74) is -0.890. The predicted octanol–water partition coefficient (Wildman–Crippen LogP) is 1.93. The number of nitro benzene ring substituents is 1. The molecule has 0 aliphatic carbocycles. The number of hydrogen-bond donors (Lipinski definition) is 1. The van der Waals surface area contributed by atoms with E-state index in [2.05, 4.69) is 15.9 Å². The number of rotatable bonds is 2. The number of carbonyl (C=O) groups is 1. The molecule has 15 heavy (non-hydrogen) atoms. The van der Waals surface area contributed by atoms with E-state index in [0.29, 0.717) is 0 Å². The third-order valence-corrected chi connectivity index (χ3v) is 2.27. The Morgan fingerprint density at radius 1 is 1.60 bits per heavy atom. The largest absolute Gasteiger partial charge is 0.478 e. The minimum Gasteiger partial charge on any atom is -0.478 e. The van der Waals surface area contributed by atoms with Crippen LogP contribution in [-0.4, -0.2) is 16.0 Å². The van der Waals surface area contributed by atoms with Gasteiger partial charge in [-0.05, 0) is 22.0 Å². The van der Waals surface area contributed by atoms with Crippen molar-refractivity contribution in [3.63, 3.8) is 0 Å². The number of aromatic carboxylic acids is 1. The van der Waals surface area contributed by atoms with Crippen molar-refractivity contribution in [1.29, 1.82) is 5.26 Å². The van der Waals surface area contributed by atoms with Gasteiger partial charge in [0.25, 0.3) is 5.69 Å². The normalized spacial score (nSPS) is 9.33. The second-order valence-corrected chi connectivity index (χ2v) is 3.38. The Morgan fingerprint density at radius 2 is 2.20 bits per heavy atom. The van der Waals surface area contributed by atoms with Crippen molar-refractivity contribution in [2.24, 2.45) is 0 Å². The van der Waals surface area contributed by atoms with Crippen LogP contribution in [0.15, 0.2) is 16.6 Å². The van der Waals surface area contributed by atoms with Gasteiger partial charge in [0.05, 0.1) is 20.5 Å². The average Bonchev–Trinajstić information content (AvgIpc) is 2.16. The molecule has 1 aromatic carbocycles. The minimum atomic E-state index is -1.37. The zero-order valence-electron chi connectivity index (χ0n) is 7.10. The molecule has 0 aliphatic heterocycles. The van der Waals surface area contributed by atoms with Crippen LogP contribution in [0.2, 0.25) is 0 Å². The van der Waals surface area contributed by atoms with Crippen molar-refractivity contribution in [2.75, 3.05) is 0 Å². The molecule has 6 nitrogen and oxygen atoms in total. The first kappa shape index (κ1) is 11.1. The highest BCUT2D eigenvalue weighted by molar-refractivity contribution is 9.10. The molecule has 0 saturated heterocycles. The summed E-state index contributed by atoms with van der Waals surface area (Å²) in [6, 6.07) is 3.62. The van der Waals surface area contributed by atoms with Gasteiger partial charge < -0.3 is 5.11 Å². The molecule has 0 atom stereocenters. The maximum absolute atomic E-state index is 10.7. The van der Waals surface area contributed by atoms with E-state index < -0.39 is 10.9 Å². The Bertz CT molecular complexity index is 492. The van der Waals surface area contributed by atoms with Crippen LogP contribution in [0.25, 0.3) is 0 Å². The molecule has 0 amide bonds. The van der Waals surface area contributed by atoms with Crippen molar-refractivity contribution >= 4 is 27.6 Å². The second-order valence-electron chi connectivity index (χ2n) is 2.52. The zero-order valence-corrected chi connectivity index (χ0v) is 8.69. The van der Waals surface area contributed by atoms with Crippen LogP contribution >= 0.6 is 15.9 Å². The van der Waals surface area contributed by atoms with Gasteiger partial charge in [-0.2, -0.15) is 5.26 Å². The zero-order chi connectivity index (χ0) is 11.6. The SMILES string of the molecule is N#Cc1cc(Br)c([N+](=O)[O-])cc1C(=O)O. The monoisotopic (exact) mass is 270 g/mol. The molecule has 0 unspecified atom stereocenters. The van der Waals surface area contributed by atoms with Gasteiger partial charge in [0.15, 0.2) is 0 Å². The number of nitrogens with zero attached hydrogens (tertiary/aromatic N) is 2. The number of benzene rings is 1. The van der Waals surface area contributed by atoms with E-state index in [0.717, 1.165) is 12.1 Å². The Kier molecular flexibility index (Phi) is 3.01. The molecule has 76 valence electrons. The van der Waals surface area contributed by atoms with Gasteiger partial charge in [0, 0.05) is 6.07 Å². The Labute approximate surface area is 92.0 Å². The lowest BCUT2D eigenvalue weighted by Crippen LogP contribution is -2.02. The van der Waals surface area contributed by atoms with Gasteiger partial charge in [0.2, 0.25) is 0 Å². The van der Waals surface area contributed by atoms with Crippen LogP contribution in [-0.2, 0) is 0 Å². The summed E-state index contributed by atoms with van der Waals surface area (Å²) < 4.78 is 0.0778. The van der Waals surface area contributed by atoms with Crippen LogP contribution in [0.4, 0.5) is 5.69 Å². The van der Waals surface area contributed by atoms with Crippen LogP contribution < -0.4 is 0 Å². The first-order valence-corrected chi connectivity index (χ1v) is 4.38. The molecule has 0 aromatic heterocycles. The van der Waals surface area contributed by atoms with E-state index in [1.54, 1.807) is 6.07 Å². The fourth-order valence-electron chi connectivity index (χ4n) is 0.971. The quantitative estimate of drug-likeness (QED) is 0.653. The first-order valence-electron chi connectivity index (χ1n) is 3.58. The standard InChI is InChI=1S/C8H3BrN2O4/c9-6-1-4(3-10)5(8(12)13)2-7(6)11(14)15/h1-2H,(H,12,13). The lowest BCUT2D eigenvalue weighted by Gasteiger charge is -2.00. The molecule has 0 radical (unpaired) electrons. The Hall–Kier alpha value is -1.94. The topological polar surface area (TPSA) is 104 Å². The van der Waals surface area contributed by atoms with E-state index >= 15 is 0 Å². The fourth-order valence-corrected chi connectivity index (χ4v) is 1.46. The van der Waals surface area contributed by atoms with Crippen molar-refractivity contribution in [1.82, 2.24) is 0 Å². The number of carboxylic acids is 1. The molecule has 0 spiro atoms. The molecule has 0 heterocycles. The summed E-state index contributed by atoms with van der Waals surface area (Å²) in [7, 11) is 0. The molecule has 0 aliphatic rings. The number of carboxylic acid groups (broad SMARTS) is 1. The summed E-state index contributed by atoms with van der Waals surface area (Å²) in [5.74, 6) is -1.37. The average molecular weight is 271 g/mol. The van der Waals surface area contributed by atoms with E-state index in [-0.39, 0.29) is 21.3 Å². The molecular weight excluding hydrogens is 268 g/mol. The summed E-state index contributed by atoms with van der Waals surface area (Å²) in [4.78, 5) is 20.4. The van der Waals surface area contributed by atoms with Gasteiger partial charge in [0.1, 0.15) is 6.07 Å². The Balaban J connectivity index is 3.52. The minimum absolute atomic E-state index is 0.0778. The van der Waals surface area contributed by atoms with Gasteiger partial charge in [-0.15, -0.1) is 0 Å². The van der Waals surface area contributed by atoms with Gasteiger partial charge in [-0.25, -0.2) is 4.79 Å². The molecule has 1 rings (SSSR count). The van der Waals surface area contributed by atoms with Crippen LogP contribution in [0, 0.1) is 21.4 Å².